The molecular formula is C20H20N2O3. The second-order valence-corrected chi connectivity index (χ2v) is 6.37. The van der Waals surface area contributed by atoms with Crippen LogP contribution in [0.5, 0.6) is 5.75 Å². The molecule has 0 aliphatic carbocycles. The van der Waals surface area contributed by atoms with Crippen molar-refractivity contribution >= 4 is 23.2 Å². The van der Waals surface area contributed by atoms with E-state index < -0.39 is 0 Å². The molecule has 2 heterocycles. The standard InChI is InChI=1S/C20H20N2O3/c23-18-11-4-12-22(18)17-10-2-1-8-15(17)20(24)21-16-9-3-6-14-7-5-13-25-19(14)16/h1-3,6,8-10H,4-5,7,11-13H2,(H,21,24). The monoisotopic (exact) mass is 336 g/mol. The maximum atomic E-state index is 12.9. The van der Waals surface area contributed by atoms with Gasteiger partial charge in [0.2, 0.25) is 5.91 Å². The fourth-order valence-corrected chi connectivity index (χ4v) is 3.48. The van der Waals surface area contributed by atoms with Crippen molar-refractivity contribution in [2.75, 3.05) is 23.4 Å². The molecule has 2 aliphatic heterocycles. The number of nitrogens with zero attached hydrogens (tertiary/aromatic N) is 1. The molecule has 2 aliphatic rings. The zero-order chi connectivity index (χ0) is 17.2. The van der Waals surface area contributed by atoms with E-state index in [2.05, 4.69) is 5.32 Å². The first kappa shape index (κ1) is 15.7. The molecule has 5 heteroatoms. The van der Waals surface area contributed by atoms with Crippen molar-refractivity contribution in [1.29, 1.82) is 0 Å². The second kappa shape index (κ2) is 6.59. The van der Waals surface area contributed by atoms with Crippen LogP contribution in [0.25, 0.3) is 0 Å². The van der Waals surface area contributed by atoms with Crippen molar-refractivity contribution in [3.8, 4) is 5.75 Å². The number of hydrogen-bond acceptors (Lipinski definition) is 3. The Kier molecular flexibility index (Phi) is 4.14. The van der Waals surface area contributed by atoms with Crippen LogP contribution in [-0.4, -0.2) is 25.0 Å². The van der Waals surface area contributed by atoms with Crippen molar-refractivity contribution in [3.05, 3.63) is 53.6 Å². The number of rotatable bonds is 3. The first-order chi connectivity index (χ1) is 12.2. The largest absolute Gasteiger partial charge is 0.491 e. The van der Waals surface area contributed by atoms with Crippen molar-refractivity contribution in [1.82, 2.24) is 0 Å². The highest BCUT2D eigenvalue weighted by Gasteiger charge is 2.26. The molecule has 0 aromatic heterocycles. The minimum Gasteiger partial charge on any atom is -0.491 e. The fourth-order valence-electron chi connectivity index (χ4n) is 3.48. The first-order valence-electron chi connectivity index (χ1n) is 8.69. The van der Waals surface area contributed by atoms with E-state index in [9.17, 15) is 9.59 Å². The first-order valence-corrected chi connectivity index (χ1v) is 8.69. The van der Waals surface area contributed by atoms with Crippen LogP contribution in [0, 0.1) is 0 Å². The summed E-state index contributed by atoms with van der Waals surface area (Å²) in [6.07, 6.45) is 3.31. The Balaban J connectivity index is 1.64. The van der Waals surface area contributed by atoms with Crippen LogP contribution in [0.4, 0.5) is 11.4 Å². The normalized spacial score (nSPS) is 16.3. The van der Waals surface area contributed by atoms with E-state index in [1.54, 1.807) is 11.0 Å². The number of carbonyl (C=O) groups is 2. The Hall–Kier alpha value is -2.82. The summed E-state index contributed by atoms with van der Waals surface area (Å²) in [5, 5.41) is 2.96. The second-order valence-electron chi connectivity index (χ2n) is 6.37. The minimum absolute atomic E-state index is 0.0701. The summed E-state index contributed by atoms with van der Waals surface area (Å²) < 4.78 is 5.76. The van der Waals surface area contributed by atoms with E-state index in [0.29, 0.717) is 36.5 Å². The van der Waals surface area contributed by atoms with E-state index in [-0.39, 0.29) is 11.8 Å². The van der Waals surface area contributed by atoms with E-state index in [1.807, 2.05) is 36.4 Å². The van der Waals surface area contributed by atoms with Gasteiger partial charge < -0.3 is 15.0 Å². The molecule has 1 saturated heterocycles. The molecule has 4 rings (SSSR count). The van der Waals surface area contributed by atoms with Crippen LogP contribution >= 0.6 is 0 Å². The van der Waals surface area contributed by atoms with Crippen LogP contribution in [0.15, 0.2) is 42.5 Å². The molecule has 25 heavy (non-hydrogen) atoms. The lowest BCUT2D eigenvalue weighted by atomic mass is 10.0. The number of carbonyl (C=O) groups excluding carboxylic acids is 2. The topological polar surface area (TPSA) is 58.6 Å². The third-order valence-electron chi connectivity index (χ3n) is 4.69. The van der Waals surface area contributed by atoms with Crippen LogP contribution < -0.4 is 15.0 Å². The van der Waals surface area contributed by atoms with Gasteiger partial charge in [-0.3, -0.25) is 9.59 Å². The number of aryl methyl sites for hydroxylation is 1. The van der Waals surface area contributed by atoms with Gasteiger partial charge in [0.25, 0.3) is 5.91 Å². The van der Waals surface area contributed by atoms with Gasteiger partial charge >= 0.3 is 0 Å². The van der Waals surface area contributed by atoms with E-state index in [4.69, 9.17) is 4.74 Å². The van der Waals surface area contributed by atoms with Crippen molar-refractivity contribution < 1.29 is 14.3 Å². The maximum absolute atomic E-state index is 12.9. The summed E-state index contributed by atoms with van der Waals surface area (Å²) in [6, 6.07) is 13.1. The molecule has 0 unspecified atom stereocenters. The third-order valence-corrected chi connectivity index (χ3v) is 4.69. The molecule has 0 bridgehead atoms. The van der Waals surface area contributed by atoms with Crippen LogP contribution in [0.2, 0.25) is 0 Å². The highest BCUT2D eigenvalue weighted by atomic mass is 16.5. The summed E-state index contributed by atoms with van der Waals surface area (Å²) in [5.41, 5.74) is 2.98. The van der Waals surface area contributed by atoms with Crippen LogP contribution in [0.3, 0.4) is 0 Å². The molecule has 128 valence electrons. The molecule has 2 aromatic rings. The highest BCUT2D eigenvalue weighted by molar-refractivity contribution is 6.11. The lowest BCUT2D eigenvalue weighted by molar-refractivity contribution is -0.117. The molecule has 1 N–H and O–H groups in total. The molecule has 5 nitrogen and oxygen atoms in total. The summed E-state index contributed by atoms with van der Waals surface area (Å²) in [4.78, 5) is 26.7. The quantitative estimate of drug-likeness (QED) is 0.935. The summed E-state index contributed by atoms with van der Waals surface area (Å²) in [5.74, 6) is 0.607. The number of ether oxygens (including phenoxy) is 1. The molecule has 2 amide bonds. The average molecular weight is 336 g/mol. The highest BCUT2D eigenvalue weighted by Crippen LogP contribution is 2.34. The zero-order valence-corrected chi connectivity index (χ0v) is 14.0. The number of anilines is 2. The molecule has 0 spiro atoms. The van der Waals surface area contributed by atoms with Gasteiger partial charge in [-0.15, -0.1) is 0 Å². The van der Waals surface area contributed by atoms with Gasteiger partial charge in [-0.05, 0) is 43.0 Å². The number of fused-ring (bicyclic) bond motifs is 1. The third kappa shape index (κ3) is 2.97. The van der Waals surface area contributed by atoms with Crippen molar-refractivity contribution in [3.63, 3.8) is 0 Å². The van der Waals surface area contributed by atoms with Gasteiger partial charge in [-0.1, -0.05) is 24.3 Å². The van der Waals surface area contributed by atoms with Gasteiger partial charge in [0.15, 0.2) is 0 Å². The zero-order valence-electron chi connectivity index (χ0n) is 14.0. The van der Waals surface area contributed by atoms with Gasteiger partial charge in [0.1, 0.15) is 5.75 Å². The van der Waals surface area contributed by atoms with E-state index in [1.165, 1.54) is 0 Å². The van der Waals surface area contributed by atoms with Crippen LogP contribution in [-0.2, 0) is 11.2 Å². The average Bonchev–Trinajstić information content (AvgIpc) is 3.08. The van der Waals surface area contributed by atoms with Crippen molar-refractivity contribution in [2.24, 2.45) is 0 Å². The van der Waals surface area contributed by atoms with E-state index in [0.717, 1.165) is 30.6 Å². The Morgan fingerprint density at radius 1 is 1.04 bits per heavy atom. The van der Waals surface area contributed by atoms with Crippen molar-refractivity contribution in [2.45, 2.75) is 25.7 Å². The maximum Gasteiger partial charge on any atom is 0.257 e. The minimum atomic E-state index is -0.224. The molecule has 2 aromatic carbocycles. The van der Waals surface area contributed by atoms with Gasteiger partial charge in [0, 0.05) is 13.0 Å². The molecule has 0 atom stereocenters. The summed E-state index contributed by atoms with van der Waals surface area (Å²) in [7, 11) is 0. The predicted molar refractivity (Wildman–Crippen MR) is 96.2 cm³/mol. The van der Waals surface area contributed by atoms with Gasteiger partial charge in [-0.25, -0.2) is 0 Å². The molecule has 1 fully saturated rings. The Morgan fingerprint density at radius 3 is 2.76 bits per heavy atom. The van der Waals surface area contributed by atoms with Gasteiger partial charge in [0.05, 0.1) is 23.5 Å². The Bertz CT molecular complexity index is 831. The number of amides is 2. The predicted octanol–water partition coefficient (Wildman–Crippen LogP) is 3.39. The number of benzene rings is 2. The summed E-state index contributed by atoms with van der Waals surface area (Å²) >= 11 is 0. The Labute approximate surface area is 146 Å². The lowest BCUT2D eigenvalue weighted by Crippen LogP contribution is -2.27. The fraction of sp³-hybridized carbons (Fsp3) is 0.300. The number of nitrogens with one attached hydrogen (secondary N) is 1. The lowest BCUT2D eigenvalue weighted by Gasteiger charge is -2.22. The van der Waals surface area contributed by atoms with E-state index >= 15 is 0 Å². The summed E-state index contributed by atoms with van der Waals surface area (Å²) in [6.45, 7) is 1.33. The number of para-hydroxylation sites is 2. The molecular weight excluding hydrogens is 316 g/mol. The van der Waals surface area contributed by atoms with Crippen LogP contribution in [0.1, 0.15) is 35.2 Å². The SMILES string of the molecule is O=C(Nc1cccc2c1OCCC2)c1ccccc1N1CCCC1=O. The Morgan fingerprint density at radius 2 is 1.92 bits per heavy atom. The smallest absolute Gasteiger partial charge is 0.257 e. The number of hydrogen-bond donors (Lipinski definition) is 1. The molecule has 0 saturated carbocycles. The van der Waals surface area contributed by atoms with Gasteiger partial charge in [-0.2, -0.15) is 0 Å². The molecule has 0 radical (unpaired) electrons.